The zero-order valence-corrected chi connectivity index (χ0v) is 18.8. The number of amides is 2. The molecule has 0 spiro atoms. The lowest BCUT2D eigenvalue weighted by atomic mass is 9.99. The second kappa shape index (κ2) is 11.1. The lowest BCUT2D eigenvalue weighted by Crippen LogP contribution is -2.50. The van der Waals surface area contributed by atoms with Gasteiger partial charge in [-0.3, -0.25) is 9.59 Å². The summed E-state index contributed by atoms with van der Waals surface area (Å²) in [7, 11) is 1.64. The highest BCUT2D eigenvalue weighted by Gasteiger charge is 2.26. The molecule has 2 amide bonds. The Bertz CT molecular complexity index is 865. The molecule has 3 rings (SSSR count). The van der Waals surface area contributed by atoms with Gasteiger partial charge in [0.25, 0.3) is 5.91 Å². The molecule has 0 bridgehead atoms. The van der Waals surface area contributed by atoms with Crippen LogP contribution < -0.4 is 10.2 Å². The van der Waals surface area contributed by atoms with E-state index in [2.05, 4.69) is 15.2 Å². The lowest BCUT2D eigenvalue weighted by molar-refractivity contribution is -0.132. The summed E-state index contributed by atoms with van der Waals surface area (Å²) in [5.41, 5.74) is 1.50. The molecule has 0 saturated carbocycles. The summed E-state index contributed by atoms with van der Waals surface area (Å²) in [6.45, 7) is 5.80. The second-order valence-electron chi connectivity index (χ2n) is 7.59. The third-order valence-electron chi connectivity index (χ3n) is 5.48. The molecule has 1 aliphatic rings. The van der Waals surface area contributed by atoms with Crippen molar-refractivity contribution in [1.82, 2.24) is 15.2 Å². The molecule has 2 aromatic rings. The van der Waals surface area contributed by atoms with Gasteiger partial charge >= 0.3 is 0 Å². The van der Waals surface area contributed by atoms with Crippen molar-refractivity contribution in [1.29, 1.82) is 0 Å². The summed E-state index contributed by atoms with van der Waals surface area (Å²) in [5, 5.41) is 3.52. The molecule has 1 saturated heterocycles. The van der Waals surface area contributed by atoms with E-state index in [-0.39, 0.29) is 17.7 Å². The largest absolute Gasteiger partial charge is 0.385 e. The first-order chi connectivity index (χ1) is 15.0. The van der Waals surface area contributed by atoms with Crippen LogP contribution in [-0.4, -0.2) is 68.1 Å². The zero-order valence-electron chi connectivity index (χ0n) is 18.0. The number of carbonyl (C=O) groups excluding carboxylic acids is 2. The van der Waals surface area contributed by atoms with Crippen LogP contribution in [0.25, 0.3) is 0 Å². The summed E-state index contributed by atoms with van der Waals surface area (Å²) in [4.78, 5) is 33.5. The van der Waals surface area contributed by atoms with Gasteiger partial charge in [-0.2, -0.15) is 0 Å². The van der Waals surface area contributed by atoms with Crippen molar-refractivity contribution in [3.05, 3.63) is 58.7 Å². The van der Waals surface area contributed by atoms with Crippen molar-refractivity contribution in [2.75, 3.05) is 51.3 Å². The highest BCUT2D eigenvalue weighted by molar-refractivity contribution is 6.30. The summed E-state index contributed by atoms with van der Waals surface area (Å²) >= 11 is 5.95. The van der Waals surface area contributed by atoms with E-state index in [0.29, 0.717) is 49.9 Å². The number of ether oxygens (including phenoxy) is 1. The number of hydrogen-bond donors (Lipinski definition) is 1. The predicted molar refractivity (Wildman–Crippen MR) is 122 cm³/mol. The van der Waals surface area contributed by atoms with Gasteiger partial charge in [0, 0.05) is 57.7 Å². The highest BCUT2D eigenvalue weighted by atomic mass is 35.5. The van der Waals surface area contributed by atoms with Gasteiger partial charge in [0.2, 0.25) is 5.91 Å². The average Bonchev–Trinajstić information content (AvgIpc) is 2.81. The Labute approximate surface area is 188 Å². The van der Waals surface area contributed by atoms with Gasteiger partial charge in [0.15, 0.2) is 0 Å². The maximum Gasteiger partial charge on any atom is 0.252 e. The molecule has 1 aromatic heterocycles. The van der Waals surface area contributed by atoms with Crippen molar-refractivity contribution in [3.8, 4) is 0 Å². The minimum absolute atomic E-state index is 0.121. The minimum atomic E-state index is -0.205. The van der Waals surface area contributed by atoms with E-state index in [1.165, 1.54) is 0 Å². The van der Waals surface area contributed by atoms with Crippen molar-refractivity contribution in [2.24, 2.45) is 0 Å². The molecule has 8 heteroatoms. The molecular weight excluding hydrogens is 416 g/mol. The normalized spacial score (nSPS) is 14.9. The maximum absolute atomic E-state index is 12.9. The van der Waals surface area contributed by atoms with Crippen molar-refractivity contribution < 1.29 is 14.3 Å². The van der Waals surface area contributed by atoms with E-state index in [9.17, 15) is 9.59 Å². The number of pyridine rings is 1. The monoisotopic (exact) mass is 444 g/mol. The van der Waals surface area contributed by atoms with Gasteiger partial charge in [-0.05, 0) is 43.2 Å². The molecule has 1 unspecified atom stereocenters. The molecule has 1 aliphatic heterocycles. The topological polar surface area (TPSA) is 74.8 Å². The number of benzene rings is 1. The Morgan fingerprint density at radius 1 is 1.13 bits per heavy atom. The third-order valence-corrected chi connectivity index (χ3v) is 5.73. The Morgan fingerprint density at radius 2 is 1.84 bits per heavy atom. The Kier molecular flexibility index (Phi) is 8.26. The van der Waals surface area contributed by atoms with Gasteiger partial charge in [0.05, 0.1) is 11.5 Å². The lowest BCUT2D eigenvalue weighted by Gasteiger charge is -2.36. The molecule has 1 N–H and O–H groups in total. The van der Waals surface area contributed by atoms with Crippen molar-refractivity contribution in [2.45, 2.75) is 19.3 Å². The van der Waals surface area contributed by atoms with Gasteiger partial charge in [-0.1, -0.05) is 23.7 Å². The smallest absolute Gasteiger partial charge is 0.252 e. The number of nitrogens with zero attached hydrogens (tertiary/aromatic N) is 3. The average molecular weight is 445 g/mol. The van der Waals surface area contributed by atoms with Gasteiger partial charge < -0.3 is 19.9 Å². The number of carbonyl (C=O) groups is 2. The van der Waals surface area contributed by atoms with Crippen LogP contribution in [0.1, 0.15) is 35.2 Å². The number of methoxy groups -OCH3 is 1. The summed E-state index contributed by atoms with van der Waals surface area (Å²) in [6, 6.07) is 11.1. The SMILES string of the molecule is COCCCNC(=O)c1ccc(N2CCN(C(=O)C(C)c3ccc(Cl)cc3)CC2)nc1. The van der Waals surface area contributed by atoms with Gasteiger partial charge in [-0.15, -0.1) is 0 Å². The molecule has 0 aliphatic carbocycles. The van der Waals surface area contributed by atoms with Crippen LogP contribution in [0.15, 0.2) is 42.6 Å². The highest BCUT2D eigenvalue weighted by Crippen LogP contribution is 2.22. The Morgan fingerprint density at radius 3 is 2.45 bits per heavy atom. The molecule has 7 nitrogen and oxygen atoms in total. The van der Waals surface area contributed by atoms with Crippen LogP contribution in [0.5, 0.6) is 0 Å². The van der Waals surface area contributed by atoms with E-state index < -0.39 is 0 Å². The number of anilines is 1. The van der Waals surface area contributed by atoms with Gasteiger partial charge in [-0.25, -0.2) is 4.98 Å². The van der Waals surface area contributed by atoms with Crippen molar-refractivity contribution in [3.63, 3.8) is 0 Å². The second-order valence-corrected chi connectivity index (χ2v) is 8.03. The van der Waals surface area contributed by atoms with E-state index in [1.54, 1.807) is 19.4 Å². The van der Waals surface area contributed by atoms with Crippen LogP contribution >= 0.6 is 11.6 Å². The molecule has 31 heavy (non-hydrogen) atoms. The van der Waals surface area contributed by atoms with Crippen LogP contribution in [-0.2, 0) is 9.53 Å². The maximum atomic E-state index is 12.9. The number of halogens is 1. The molecule has 166 valence electrons. The molecule has 1 atom stereocenters. The van der Waals surface area contributed by atoms with E-state index in [0.717, 1.165) is 17.8 Å². The summed E-state index contributed by atoms with van der Waals surface area (Å²) < 4.78 is 4.98. The minimum Gasteiger partial charge on any atom is -0.385 e. The number of aromatic nitrogens is 1. The molecular formula is C23H29ClN4O3. The quantitative estimate of drug-likeness (QED) is 0.633. The standard InChI is InChI=1S/C23H29ClN4O3/c1-17(18-4-7-20(24)8-5-18)23(30)28-13-11-27(12-14-28)21-9-6-19(16-26-21)22(29)25-10-3-15-31-2/h4-9,16-17H,3,10-15H2,1-2H3,(H,25,29). The number of piperazine rings is 1. The van der Waals surface area contributed by atoms with E-state index in [1.807, 2.05) is 42.2 Å². The van der Waals surface area contributed by atoms with E-state index >= 15 is 0 Å². The van der Waals surface area contributed by atoms with Crippen molar-refractivity contribution >= 4 is 29.2 Å². The fraction of sp³-hybridized carbons (Fsp3) is 0.435. The fourth-order valence-electron chi connectivity index (χ4n) is 3.55. The van der Waals surface area contributed by atoms with Crippen LogP contribution in [0.4, 0.5) is 5.82 Å². The summed E-state index contributed by atoms with van der Waals surface area (Å²) in [5.74, 6) is 0.592. The molecule has 0 radical (unpaired) electrons. The number of hydrogen-bond acceptors (Lipinski definition) is 5. The zero-order chi connectivity index (χ0) is 22.2. The third kappa shape index (κ3) is 6.18. The Hall–Kier alpha value is -2.64. The molecule has 2 heterocycles. The Balaban J connectivity index is 1.50. The van der Waals surface area contributed by atoms with Crippen LogP contribution in [0.2, 0.25) is 5.02 Å². The first-order valence-electron chi connectivity index (χ1n) is 10.5. The van der Waals surface area contributed by atoms with Crippen LogP contribution in [0, 0.1) is 0 Å². The first-order valence-corrected chi connectivity index (χ1v) is 10.9. The number of rotatable bonds is 8. The first kappa shape index (κ1) is 23.0. The summed E-state index contributed by atoms with van der Waals surface area (Å²) in [6.07, 6.45) is 2.37. The van der Waals surface area contributed by atoms with E-state index in [4.69, 9.17) is 16.3 Å². The van der Waals surface area contributed by atoms with Crippen LogP contribution in [0.3, 0.4) is 0 Å². The predicted octanol–water partition coefficient (Wildman–Crippen LogP) is 2.95. The van der Waals surface area contributed by atoms with Gasteiger partial charge in [0.1, 0.15) is 5.82 Å². The fourth-order valence-corrected chi connectivity index (χ4v) is 3.68. The molecule has 1 aromatic carbocycles. The number of nitrogens with one attached hydrogen (secondary N) is 1. The molecule has 1 fully saturated rings.